The van der Waals surface area contributed by atoms with E-state index in [1.54, 1.807) is 11.3 Å². The summed E-state index contributed by atoms with van der Waals surface area (Å²) in [7, 11) is 0. The molecule has 57 heavy (non-hydrogen) atoms. The minimum Gasteiger partial charge on any atom is -0.208 e. The molecule has 0 unspecified atom stereocenters. The molecule has 0 aliphatic heterocycles. The molecule has 266 valence electrons. The number of rotatable bonds is 6. The van der Waals surface area contributed by atoms with Gasteiger partial charge in [0.05, 0.1) is 0 Å². The lowest BCUT2D eigenvalue weighted by molar-refractivity contribution is 1.08. The van der Waals surface area contributed by atoms with Gasteiger partial charge in [0, 0.05) is 36.9 Å². The fourth-order valence-electron chi connectivity index (χ4n) is 8.35. The van der Waals surface area contributed by atoms with Gasteiger partial charge in [0.15, 0.2) is 17.5 Å². The van der Waals surface area contributed by atoms with Crippen molar-refractivity contribution < 1.29 is 0 Å². The van der Waals surface area contributed by atoms with E-state index in [2.05, 4.69) is 182 Å². The fraction of sp³-hybridized carbons (Fsp3) is 0. The molecule has 0 spiro atoms. The average molecular weight is 744 g/mol. The van der Waals surface area contributed by atoms with E-state index in [9.17, 15) is 0 Å². The summed E-state index contributed by atoms with van der Waals surface area (Å²) in [6.45, 7) is 0. The summed E-state index contributed by atoms with van der Waals surface area (Å²) in [6.07, 6.45) is 0. The van der Waals surface area contributed by atoms with Crippen LogP contribution in [0.25, 0.3) is 109 Å². The van der Waals surface area contributed by atoms with Crippen LogP contribution < -0.4 is 0 Å². The third-order valence-corrected chi connectivity index (χ3v) is 12.2. The van der Waals surface area contributed by atoms with Gasteiger partial charge in [-0.1, -0.05) is 188 Å². The molecule has 0 bridgehead atoms. The van der Waals surface area contributed by atoms with Crippen LogP contribution in [0.2, 0.25) is 0 Å². The molecule has 0 N–H and O–H groups in total. The molecule has 2 aromatic heterocycles. The maximum absolute atomic E-state index is 5.18. The zero-order chi connectivity index (χ0) is 37.7. The van der Waals surface area contributed by atoms with Crippen molar-refractivity contribution in [3.8, 4) is 67.5 Å². The predicted molar refractivity (Wildman–Crippen MR) is 240 cm³/mol. The average Bonchev–Trinajstić information content (AvgIpc) is 3.68. The molecule has 4 heteroatoms. The maximum Gasteiger partial charge on any atom is 0.165 e. The molecule has 11 rings (SSSR count). The third kappa shape index (κ3) is 5.69. The number of nitrogens with zero attached hydrogens (tertiary/aromatic N) is 3. The molecule has 0 aliphatic carbocycles. The SMILES string of the molecule is c1ccc(-c2nc(-c3ccc(-c4c5ccccc5c(-c5ccccc5-c5ccccc5)c5ccccc45)cc3)nc(-c3cccc4c3sc3ccccc34)n2)cc1. The van der Waals surface area contributed by atoms with Crippen molar-refractivity contribution in [1.82, 2.24) is 15.0 Å². The smallest absolute Gasteiger partial charge is 0.165 e. The number of thiophene rings is 1. The minimum absolute atomic E-state index is 0.645. The van der Waals surface area contributed by atoms with Gasteiger partial charge in [-0.05, 0) is 67.1 Å². The summed E-state index contributed by atoms with van der Waals surface area (Å²) >= 11 is 1.79. The van der Waals surface area contributed by atoms with Crippen molar-refractivity contribution in [2.45, 2.75) is 0 Å². The van der Waals surface area contributed by atoms with Crippen LogP contribution in [0, 0.1) is 0 Å². The Morgan fingerprint density at radius 1 is 0.263 bits per heavy atom. The van der Waals surface area contributed by atoms with Crippen LogP contribution in [-0.4, -0.2) is 15.0 Å². The van der Waals surface area contributed by atoms with Crippen LogP contribution in [0.15, 0.2) is 200 Å². The summed E-state index contributed by atoms with van der Waals surface area (Å²) in [4.78, 5) is 15.4. The molecular weight excluding hydrogens is 711 g/mol. The van der Waals surface area contributed by atoms with Crippen LogP contribution in [-0.2, 0) is 0 Å². The summed E-state index contributed by atoms with van der Waals surface area (Å²) in [5.74, 6) is 1.97. The highest BCUT2D eigenvalue weighted by Gasteiger charge is 2.20. The molecular formula is C53H33N3S. The molecule has 11 aromatic rings. The van der Waals surface area contributed by atoms with Crippen LogP contribution in [0.5, 0.6) is 0 Å². The first-order valence-electron chi connectivity index (χ1n) is 19.2. The van der Waals surface area contributed by atoms with Crippen LogP contribution in [0.3, 0.4) is 0 Å². The number of aromatic nitrogens is 3. The first kappa shape index (κ1) is 33.1. The molecule has 0 radical (unpaired) electrons. The highest BCUT2D eigenvalue weighted by atomic mass is 32.1. The molecule has 0 saturated carbocycles. The minimum atomic E-state index is 0.645. The summed E-state index contributed by atoms with van der Waals surface area (Å²) < 4.78 is 2.43. The van der Waals surface area contributed by atoms with Crippen molar-refractivity contribution in [2.24, 2.45) is 0 Å². The van der Waals surface area contributed by atoms with Crippen LogP contribution >= 0.6 is 11.3 Å². The lowest BCUT2D eigenvalue weighted by Gasteiger charge is -2.19. The van der Waals surface area contributed by atoms with E-state index >= 15 is 0 Å². The Morgan fingerprint density at radius 2 is 0.702 bits per heavy atom. The van der Waals surface area contributed by atoms with Crippen LogP contribution in [0.4, 0.5) is 0 Å². The first-order valence-corrected chi connectivity index (χ1v) is 20.0. The van der Waals surface area contributed by atoms with Gasteiger partial charge >= 0.3 is 0 Å². The fourth-order valence-corrected chi connectivity index (χ4v) is 9.56. The van der Waals surface area contributed by atoms with Gasteiger partial charge in [-0.15, -0.1) is 11.3 Å². The van der Waals surface area contributed by atoms with Crippen molar-refractivity contribution in [3.05, 3.63) is 200 Å². The van der Waals surface area contributed by atoms with Crippen LogP contribution in [0.1, 0.15) is 0 Å². The highest BCUT2D eigenvalue weighted by molar-refractivity contribution is 7.26. The quantitative estimate of drug-likeness (QED) is 0.159. The molecule has 2 heterocycles. The molecule has 0 fully saturated rings. The van der Waals surface area contributed by atoms with Gasteiger partial charge in [0.25, 0.3) is 0 Å². The van der Waals surface area contributed by atoms with Crippen molar-refractivity contribution in [1.29, 1.82) is 0 Å². The third-order valence-electron chi connectivity index (χ3n) is 11.0. The summed E-state index contributed by atoms with van der Waals surface area (Å²) in [6, 6.07) is 71.1. The second kappa shape index (κ2) is 13.8. The highest BCUT2D eigenvalue weighted by Crippen LogP contribution is 2.46. The Labute approximate surface area is 334 Å². The Bertz CT molecular complexity index is 3220. The van der Waals surface area contributed by atoms with Gasteiger partial charge in [-0.25, -0.2) is 15.0 Å². The van der Waals surface area contributed by atoms with E-state index in [4.69, 9.17) is 15.0 Å². The molecule has 0 atom stereocenters. The standard InChI is InChI=1S/C53H33N3S/c1-3-16-34(17-4-1)38-20-7-8-22-40(38)49-43-25-11-9-23-41(43)48(42-24-10-12-26-44(42)49)35-30-32-37(33-31-35)52-54-51(36-18-5-2-6-19-36)55-53(56-52)46-28-15-27-45-39-21-13-14-29-47(39)57-50(45)46/h1-33H. The van der Waals surface area contributed by atoms with E-state index in [0.29, 0.717) is 17.5 Å². The maximum atomic E-state index is 5.18. The predicted octanol–water partition coefficient (Wildman–Crippen LogP) is 14.5. The summed E-state index contributed by atoms with van der Waals surface area (Å²) in [5, 5.41) is 7.35. The lowest BCUT2D eigenvalue weighted by atomic mass is 9.84. The van der Waals surface area contributed by atoms with E-state index in [1.807, 2.05) is 18.2 Å². The van der Waals surface area contributed by atoms with Gasteiger partial charge in [-0.2, -0.15) is 0 Å². The molecule has 0 saturated heterocycles. The Morgan fingerprint density at radius 3 is 1.35 bits per heavy atom. The van der Waals surface area contributed by atoms with Gasteiger partial charge in [0.2, 0.25) is 0 Å². The second-order valence-corrected chi connectivity index (χ2v) is 15.3. The molecule has 9 aromatic carbocycles. The zero-order valence-electron chi connectivity index (χ0n) is 30.8. The zero-order valence-corrected chi connectivity index (χ0v) is 31.6. The topological polar surface area (TPSA) is 38.7 Å². The van der Waals surface area contributed by atoms with E-state index in [0.717, 1.165) is 22.3 Å². The van der Waals surface area contributed by atoms with Crippen molar-refractivity contribution in [3.63, 3.8) is 0 Å². The van der Waals surface area contributed by atoms with Gasteiger partial charge in [0.1, 0.15) is 0 Å². The Balaban J connectivity index is 1.08. The van der Waals surface area contributed by atoms with E-state index < -0.39 is 0 Å². The van der Waals surface area contributed by atoms with Gasteiger partial charge < -0.3 is 0 Å². The number of hydrogen-bond donors (Lipinski definition) is 0. The molecule has 0 aliphatic rings. The number of hydrogen-bond acceptors (Lipinski definition) is 4. The van der Waals surface area contributed by atoms with Gasteiger partial charge in [-0.3, -0.25) is 0 Å². The molecule has 3 nitrogen and oxygen atoms in total. The lowest BCUT2D eigenvalue weighted by Crippen LogP contribution is -2.00. The largest absolute Gasteiger partial charge is 0.208 e. The first-order chi connectivity index (χ1) is 28.3. The monoisotopic (exact) mass is 743 g/mol. The number of fused-ring (bicyclic) bond motifs is 5. The Kier molecular flexibility index (Phi) is 8.01. The Hall–Kier alpha value is -7.27. The van der Waals surface area contributed by atoms with Crippen molar-refractivity contribution >= 4 is 53.1 Å². The summed E-state index contributed by atoms with van der Waals surface area (Å²) in [5.41, 5.74) is 10.2. The molecule has 0 amide bonds. The second-order valence-electron chi connectivity index (χ2n) is 14.3. The normalized spacial score (nSPS) is 11.5. The van der Waals surface area contributed by atoms with Crippen molar-refractivity contribution in [2.75, 3.05) is 0 Å². The number of benzene rings is 9. The van der Waals surface area contributed by atoms with E-state index in [1.165, 1.54) is 69.5 Å². The van der Waals surface area contributed by atoms with E-state index in [-0.39, 0.29) is 0 Å².